The van der Waals surface area contributed by atoms with Crippen molar-refractivity contribution in [1.82, 2.24) is 14.8 Å². The molecule has 9 heteroatoms. The number of benzene rings is 3. The molecular formula is C23H19FN6O2. The van der Waals surface area contributed by atoms with E-state index in [9.17, 15) is 14.0 Å². The van der Waals surface area contributed by atoms with Crippen molar-refractivity contribution in [3.63, 3.8) is 0 Å². The van der Waals surface area contributed by atoms with Crippen molar-refractivity contribution in [1.29, 1.82) is 0 Å². The lowest BCUT2D eigenvalue weighted by Crippen LogP contribution is -2.19. The fraction of sp³-hybridized carbons (Fsp3) is 0.0435. The van der Waals surface area contributed by atoms with E-state index in [0.717, 1.165) is 0 Å². The summed E-state index contributed by atoms with van der Waals surface area (Å²) in [5, 5.41) is 12.4. The molecule has 0 saturated carbocycles. The number of aromatic nitrogens is 3. The summed E-state index contributed by atoms with van der Waals surface area (Å²) in [6.07, 6.45) is 0. The normalized spacial score (nSPS) is 10.4. The van der Waals surface area contributed by atoms with Crippen LogP contribution in [0.4, 0.5) is 26.2 Å². The van der Waals surface area contributed by atoms with Crippen LogP contribution in [0.2, 0.25) is 0 Å². The number of para-hydroxylation sites is 1. The van der Waals surface area contributed by atoms with E-state index in [1.165, 1.54) is 16.8 Å². The summed E-state index contributed by atoms with van der Waals surface area (Å²) in [5.74, 6) is -0.433. The van der Waals surface area contributed by atoms with E-state index in [4.69, 9.17) is 0 Å². The Morgan fingerprint density at radius 1 is 0.812 bits per heavy atom. The SMILES string of the molecule is Cc1nc(C(=O)Nc2cccc(NC(=O)Nc3ccccc3)c2)nn1-c1ccc(F)cc1. The van der Waals surface area contributed by atoms with Crippen LogP contribution in [-0.2, 0) is 0 Å². The van der Waals surface area contributed by atoms with E-state index in [0.29, 0.717) is 28.6 Å². The van der Waals surface area contributed by atoms with Gasteiger partial charge < -0.3 is 16.0 Å². The summed E-state index contributed by atoms with van der Waals surface area (Å²) in [4.78, 5) is 29.0. The van der Waals surface area contributed by atoms with Gasteiger partial charge in [0.05, 0.1) is 5.69 Å². The van der Waals surface area contributed by atoms with Gasteiger partial charge in [-0.15, -0.1) is 5.10 Å². The summed E-state index contributed by atoms with van der Waals surface area (Å²) < 4.78 is 14.6. The van der Waals surface area contributed by atoms with Crippen LogP contribution in [0.15, 0.2) is 78.9 Å². The van der Waals surface area contributed by atoms with Gasteiger partial charge in [0.15, 0.2) is 0 Å². The highest BCUT2D eigenvalue weighted by molar-refractivity contribution is 6.03. The summed E-state index contributed by atoms with van der Waals surface area (Å²) in [5.41, 5.74) is 2.21. The second-order valence-corrected chi connectivity index (χ2v) is 6.85. The van der Waals surface area contributed by atoms with Gasteiger partial charge in [-0.2, -0.15) is 0 Å². The van der Waals surface area contributed by atoms with Crippen LogP contribution in [-0.4, -0.2) is 26.7 Å². The molecule has 160 valence electrons. The lowest BCUT2D eigenvalue weighted by atomic mass is 10.2. The third-order valence-corrected chi connectivity index (χ3v) is 4.45. The molecule has 0 radical (unpaired) electrons. The average Bonchev–Trinajstić information content (AvgIpc) is 3.17. The van der Waals surface area contributed by atoms with Crippen molar-refractivity contribution in [3.05, 3.63) is 96.3 Å². The van der Waals surface area contributed by atoms with Gasteiger partial charge in [-0.25, -0.2) is 18.9 Å². The number of nitrogens with one attached hydrogen (secondary N) is 3. The van der Waals surface area contributed by atoms with Crippen molar-refractivity contribution < 1.29 is 14.0 Å². The number of carbonyl (C=O) groups excluding carboxylic acids is 2. The topological polar surface area (TPSA) is 101 Å². The molecule has 0 bridgehead atoms. The summed E-state index contributed by atoms with van der Waals surface area (Å²) in [7, 11) is 0. The third-order valence-electron chi connectivity index (χ3n) is 4.45. The molecule has 3 N–H and O–H groups in total. The molecule has 4 rings (SSSR count). The molecule has 3 amide bonds. The van der Waals surface area contributed by atoms with Gasteiger partial charge in [0.25, 0.3) is 5.91 Å². The Kier molecular flexibility index (Phi) is 5.89. The van der Waals surface area contributed by atoms with Crippen LogP contribution in [0, 0.1) is 12.7 Å². The highest BCUT2D eigenvalue weighted by Crippen LogP contribution is 2.17. The predicted molar refractivity (Wildman–Crippen MR) is 120 cm³/mol. The van der Waals surface area contributed by atoms with E-state index in [2.05, 4.69) is 26.0 Å². The summed E-state index contributed by atoms with van der Waals surface area (Å²) in [6.45, 7) is 1.70. The molecule has 0 fully saturated rings. The number of aryl methyl sites for hydroxylation is 1. The molecule has 0 aliphatic rings. The standard InChI is InChI=1S/C23H19FN6O2/c1-15-25-21(29-30(15)20-12-10-16(24)11-13-20)22(31)26-18-8-5-9-19(14-18)28-23(32)27-17-6-3-2-4-7-17/h2-14H,1H3,(H,26,31)(H2,27,28,32). The largest absolute Gasteiger partial charge is 0.323 e. The van der Waals surface area contributed by atoms with E-state index in [1.54, 1.807) is 55.5 Å². The Labute approximate surface area is 183 Å². The van der Waals surface area contributed by atoms with Crippen LogP contribution < -0.4 is 16.0 Å². The Bertz CT molecular complexity index is 1260. The number of amides is 3. The van der Waals surface area contributed by atoms with Gasteiger partial charge in [0.2, 0.25) is 5.82 Å². The van der Waals surface area contributed by atoms with E-state index >= 15 is 0 Å². The molecule has 0 saturated heterocycles. The molecule has 0 atom stereocenters. The van der Waals surface area contributed by atoms with Crippen molar-refractivity contribution in [2.75, 3.05) is 16.0 Å². The molecule has 32 heavy (non-hydrogen) atoms. The van der Waals surface area contributed by atoms with Crippen molar-refractivity contribution >= 4 is 29.0 Å². The lowest BCUT2D eigenvalue weighted by molar-refractivity contribution is 0.101. The fourth-order valence-corrected chi connectivity index (χ4v) is 2.99. The van der Waals surface area contributed by atoms with Crippen LogP contribution in [0.25, 0.3) is 5.69 Å². The Morgan fingerprint density at radius 3 is 2.16 bits per heavy atom. The third kappa shape index (κ3) is 4.96. The van der Waals surface area contributed by atoms with Gasteiger partial charge in [0.1, 0.15) is 11.6 Å². The highest BCUT2D eigenvalue weighted by Gasteiger charge is 2.16. The number of hydrogen-bond acceptors (Lipinski definition) is 4. The molecule has 1 heterocycles. The number of anilines is 3. The molecule has 8 nitrogen and oxygen atoms in total. The quantitative estimate of drug-likeness (QED) is 0.430. The first-order valence-corrected chi connectivity index (χ1v) is 9.72. The second-order valence-electron chi connectivity index (χ2n) is 6.85. The minimum absolute atomic E-state index is 0.0352. The fourth-order valence-electron chi connectivity index (χ4n) is 2.99. The van der Waals surface area contributed by atoms with Gasteiger partial charge in [-0.3, -0.25) is 4.79 Å². The molecule has 3 aromatic carbocycles. The Balaban J connectivity index is 1.43. The van der Waals surface area contributed by atoms with E-state index in [-0.39, 0.29) is 11.6 Å². The van der Waals surface area contributed by atoms with Crippen LogP contribution >= 0.6 is 0 Å². The highest BCUT2D eigenvalue weighted by atomic mass is 19.1. The molecule has 0 unspecified atom stereocenters. The zero-order chi connectivity index (χ0) is 22.5. The monoisotopic (exact) mass is 430 g/mol. The first-order chi connectivity index (χ1) is 15.5. The van der Waals surface area contributed by atoms with E-state index < -0.39 is 11.9 Å². The maximum Gasteiger partial charge on any atom is 0.323 e. The lowest BCUT2D eigenvalue weighted by Gasteiger charge is -2.09. The maximum atomic E-state index is 13.2. The number of halogens is 1. The second kappa shape index (κ2) is 9.09. The predicted octanol–water partition coefficient (Wildman–Crippen LogP) is 4.61. The molecule has 0 aliphatic carbocycles. The molecule has 0 spiro atoms. The molecule has 0 aliphatic heterocycles. The van der Waals surface area contributed by atoms with E-state index in [1.807, 2.05) is 18.2 Å². The molecule has 1 aromatic heterocycles. The van der Waals surface area contributed by atoms with Crippen molar-refractivity contribution in [2.45, 2.75) is 6.92 Å². The Hall–Kier alpha value is -4.53. The average molecular weight is 430 g/mol. The number of hydrogen-bond donors (Lipinski definition) is 3. The maximum absolute atomic E-state index is 13.2. The zero-order valence-corrected chi connectivity index (χ0v) is 17.0. The van der Waals surface area contributed by atoms with Gasteiger partial charge in [0, 0.05) is 17.1 Å². The number of urea groups is 1. The minimum atomic E-state index is -0.514. The van der Waals surface area contributed by atoms with Crippen LogP contribution in [0.1, 0.15) is 16.4 Å². The minimum Gasteiger partial charge on any atom is -0.319 e. The Morgan fingerprint density at radius 2 is 1.44 bits per heavy atom. The van der Waals surface area contributed by atoms with Gasteiger partial charge >= 0.3 is 6.03 Å². The zero-order valence-electron chi connectivity index (χ0n) is 17.0. The smallest absolute Gasteiger partial charge is 0.319 e. The number of rotatable bonds is 5. The van der Waals surface area contributed by atoms with Crippen molar-refractivity contribution in [2.24, 2.45) is 0 Å². The van der Waals surface area contributed by atoms with Crippen LogP contribution in [0.5, 0.6) is 0 Å². The van der Waals surface area contributed by atoms with Crippen LogP contribution in [0.3, 0.4) is 0 Å². The summed E-state index contributed by atoms with van der Waals surface area (Å²) >= 11 is 0. The summed E-state index contributed by atoms with van der Waals surface area (Å²) in [6, 6.07) is 21.0. The van der Waals surface area contributed by atoms with Crippen molar-refractivity contribution in [3.8, 4) is 5.69 Å². The number of carbonyl (C=O) groups is 2. The first-order valence-electron chi connectivity index (χ1n) is 9.72. The first kappa shape index (κ1) is 20.7. The van der Waals surface area contributed by atoms with Gasteiger partial charge in [-0.05, 0) is 61.5 Å². The molecular weight excluding hydrogens is 411 g/mol. The number of nitrogens with zero attached hydrogens (tertiary/aromatic N) is 3. The van der Waals surface area contributed by atoms with Gasteiger partial charge in [-0.1, -0.05) is 24.3 Å². The molecule has 4 aromatic rings.